The Morgan fingerprint density at radius 1 is 0.592 bits per heavy atom. The van der Waals surface area contributed by atoms with E-state index in [2.05, 4.69) is 61.9 Å². The van der Waals surface area contributed by atoms with Gasteiger partial charge >= 0.3 is 11.9 Å². The summed E-state index contributed by atoms with van der Waals surface area (Å²) in [6.07, 6.45) is 9.50. The number of esters is 1. The fourth-order valence-corrected chi connectivity index (χ4v) is 12.3. The molecule has 4 aromatic carbocycles. The molecule has 2 aromatic heterocycles. The van der Waals surface area contributed by atoms with Gasteiger partial charge in [0.25, 0.3) is 20.0 Å². The lowest BCUT2D eigenvalue weighted by atomic mass is 9.98. The second-order valence-electron chi connectivity index (χ2n) is 21.1. The van der Waals surface area contributed by atoms with E-state index in [0.717, 1.165) is 76.6 Å². The van der Waals surface area contributed by atoms with Gasteiger partial charge in [0.1, 0.15) is 17.1 Å². The number of nitrogens with zero attached hydrogens (tertiary/aromatic N) is 4. The topological polar surface area (TPSA) is 183 Å². The van der Waals surface area contributed by atoms with Crippen molar-refractivity contribution in [2.45, 2.75) is 139 Å². The minimum absolute atomic E-state index is 0.00200. The van der Waals surface area contributed by atoms with E-state index in [9.17, 15) is 26.4 Å². The zero-order valence-electron chi connectivity index (χ0n) is 45.2. The van der Waals surface area contributed by atoms with E-state index >= 15 is 0 Å². The van der Waals surface area contributed by atoms with Crippen molar-refractivity contribution in [3.8, 4) is 33.8 Å². The van der Waals surface area contributed by atoms with Gasteiger partial charge in [0.05, 0.1) is 12.1 Å². The summed E-state index contributed by atoms with van der Waals surface area (Å²) in [5.74, 6) is 0.379. The first-order valence-electron chi connectivity index (χ1n) is 26.1. The Labute approximate surface area is 449 Å². The number of carbonyl (C=O) groups excluding carboxylic acids is 1. The predicted molar refractivity (Wildman–Crippen MR) is 295 cm³/mol. The van der Waals surface area contributed by atoms with Crippen LogP contribution in [-0.4, -0.2) is 85.4 Å². The number of ether oxygens (including phenoxy) is 3. The van der Waals surface area contributed by atoms with Crippen molar-refractivity contribution < 1.29 is 45.7 Å². The van der Waals surface area contributed by atoms with Crippen LogP contribution < -0.4 is 9.47 Å². The lowest BCUT2D eigenvalue weighted by molar-refractivity contribution is -0.157. The molecule has 0 radical (unpaired) electrons. The van der Waals surface area contributed by atoms with Crippen molar-refractivity contribution >= 4 is 32.0 Å². The summed E-state index contributed by atoms with van der Waals surface area (Å²) >= 11 is 0. The molecule has 76 heavy (non-hydrogen) atoms. The molecule has 16 heteroatoms. The van der Waals surface area contributed by atoms with Crippen LogP contribution in [0.4, 0.5) is 0 Å². The molecule has 0 aliphatic heterocycles. The highest BCUT2D eigenvalue weighted by atomic mass is 32.2. The van der Waals surface area contributed by atoms with Crippen LogP contribution in [0.3, 0.4) is 0 Å². The number of pyridine rings is 2. The summed E-state index contributed by atoms with van der Waals surface area (Å²) in [7, 11) is -4.54. The van der Waals surface area contributed by atoms with Gasteiger partial charge in [-0.1, -0.05) is 113 Å². The third kappa shape index (κ3) is 13.9. The van der Waals surface area contributed by atoms with Crippen LogP contribution in [0.15, 0.2) is 132 Å². The number of aliphatic carboxylic acids is 1. The maximum Gasteiger partial charge on any atom is 0.344 e. The maximum atomic E-state index is 13.7. The summed E-state index contributed by atoms with van der Waals surface area (Å²) < 4.78 is 74.3. The number of rotatable bonds is 16. The molecule has 14 nitrogen and oxygen atoms in total. The summed E-state index contributed by atoms with van der Waals surface area (Å²) in [6.45, 7) is 13.3. The second kappa shape index (κ2) is 24.7. The molecule has 2 aliphatic carbocycles. The largest absolute Gasteiger partial charge is 0.482 e. The summed E-state index contributed by atoms with van der Waals surface area (Å²) in [6, 6.07) is 33.5. The maximum absolute atomic E-state index is 13.7. The Bertz CT molecular complexity index is 3210. The van der Waals surface area contributed by atoms with E-state index in [4.69, 9.17) is 19.3 Å². The normalized spacial score (nSPS) is 16.0. The minimum Gasteiger partial charge on any atom is -0.482 e. The van der Waals surface area contributed by atoms with Crippen LogP contribution in [0.5, 0.6) is 11.5 Å². The van der Waals surface area contributed by atoms with Crippen LogP contribution in [-0.2, 0) is 47.2 Å². The Hall–Kier alpha value is -6.46. The van der Waals surface area contributed by atoms with Crippen LogP contribution in [0, 0.1) is 0 Å². The quantitative estimate of drug-likeness (QED) is 0.0716. The molecule has 0 bridgehead atoms. The molecule has 0 amide bonds. The highest BCUT2D eigenvalue weighted by molar-refractivity contribution is 7.89. The van der Waals surface area contributed by atoms with E-state index in [0.29, 0.717) is 42.6 Å². The number of aromatic nitrogens is 2. The van der Waals surface area contributed by atoms with Gasteiger partial charge < -0.3 is 19.3 Å². The fraction of sp³-hybridized carbons (Fsp3) is 0.400. The molecular formula is C60H72N4O10S2. The summed E-state index contributed by atoms with van der Waals surface area (Å²) in [4.78, 5) is 32.0. The minimum atomic E-state index is -3.87. The van der Waals surface area contributed by atoms with Gasteiger partial charge in [-0.05, 0) is 152 Å². The van der Waals surface area contributed by atoms with E-state index < -0.39 is 50.2 Å². The van der Waals surface area contributed by atoms with Crippen LogP contribution >= 0.6 is 0 Å². The zero-order valence-corrected chi connectivity index (χ0v) is 46.8. The fourth-order valence-electron chi connectivity index (χ4n) is 9.78. The van der Waals surface area contributed by atoms with Crippen molar-refractivity contribution in [2.75, 3.05) is 27.3 Å². The molecular weight excluding hydrogens is 1000 g/mol. The molecule has 0 saturated carbocycles. The molecule has 2 heterocycles. The highest BCUT2D eigenvalue weighted by Crippen LogP contribution is 2.41. The first-order valence-corrected chi connectivity index (χ1v) is 28.9. The molecule has 2 atom stereocenters. The molecule has 0 fully saturated rings. The molecule has 1 N–H and O–H groups in total. The number of benzene rings is 4. The van der Waals surface area contributed by atoms with Gasteiger partial charge in [-0.25, -0.2) is 36.4 Å². The first-order chi connectivity index (χ1) is 36.0. The standard InChI is InChI=1S/C32H40N2O5S.C28H32N2O5S/c1-22(2)23-11-9-12-24(19-23)25-17-18-30(33-20-25)40(36,37)34(6)28-15-8-7-13-27-26(28)14-10-16-29(27)38-21-31(35)39-32(3,4)5;1-19(2)20-8-6-9-21(16-20)22-14-15-27(29-17-22)36(33,34)30(3)25-12-5-4-10-24-23(25)11-7-13-26(24)35-18-28(31)32/h9-12,14,16-20,22,28H,7-8,13,15,21H2,1-6H3;6-9,11,13-17,19,25H,4-5,10,12,18H2,1-3H3,(H,31,32). The number of sulfonamides is 2. The lowest BCUT2D eigenvalue weighted by Crippen LogP contribution is -2.32. The lowest BCUT2D eigenvalue weighted by Gasteiger charge is -2.28. The van der Waals surface area contributed by atoms with Crippen LogP contribution in [0.1, 0.15) is 144 Å². The van der Waals surface area contributed by atoms with Crippen LogP contribution in [0.25, 0.3) is 22.3 Å². The SMILES string of the molecule is CC(C)c1cccc(-c2ccc(S(=O)(=O)N(C)C3CCCCc4c(OCC(=O)O)cccc43)nc2)c1.CC(C)c1cccc(-c2ccc(S(=O)(=O)N(C)C3CCCCc4c(OCC(=O)OC(C)(C)C)cccc43)nc2)c1. The molecule has 8 rings (SSSR count). The third-order valence-corrected chi connectivity index (χ3v) is 17.5. The highest BCUT2D eigenvalue weighted by Gasteiger charge is 2.35. The van der Waals surface area contributed by atoms with E-state index in [1.54, 1.807) is 56.8 Å². The zero-order chi connectivity index (χ0) is 55.0. The number of carboxylic acid groups (broad SMARTS) is 1. The van der Waals surface area contributed by atoms with Crippen LogP contribution in [0.2, 0.25) is 0 Å². The molecule has 2 unspecified atom stereocenters. The Morgan fingerprint density at radius 3 is 1.39 bits per heavy atom. The summed E-state index contributed by atoms with van der Waals surface area (Å²) in [5, 5.41) is 9.03. The molecule has 6 aromatic rings. The van der Waals surface area contributed by atoms with Gasteiger partial charge in [0, 0.05) is 37.6 Å². The van der Waals surface area contributed by atoms with Crippen molar-refractivity contribution in [1.82, 2.24) is 18.6 Å². The van der Waals surface area contributed by atoms with Crippen molar-refractivity contribution in [1.29, 1.82) is 0 Å². The van der Waals surface area contributed by atoms with Gasteiger partial charge in [-0.2, -0.15) is 8.61 Å². The summed E-state index contributed by atoms with van der Waals surface area (Å²) in [5.41, 5.74) is 9.12. The number of carbonyl (C=O) groups is 2. The number of hydrogen-bond acceptors (Lipinski definition) is 11. The average Bonchev–Trinajstić information content (AvgIpc) is 3.77. The van der Waals surface area contributed by atoms with Gasteiger partial charge in [-0.15, -0.1) is 0 Å². The predicted octanol–water partition coefficient (Wildman–Crippen LogP) is 12.1. The molecule has 2 aliphatic rings. The monoisotopic (exact) mass is 1070 g/mol. The first kappa shape index (κ1) is 57.2. The second-order valence-corrected chi connectivity index (χ2v) is 25.0. The Morgan fingerprint density at radius 2 is 1.01 bits per heavy atom. The van der Waals surface area contributed by atoms with Gasteiger partial charge in [-0.3, -0.25) is 0 Å². The van der Waals surface area contributed by atoms with E-state index in [1.165, 1.54) is 19.7 Å². The van der Waals surface area contributed by atoms with Crippen molar-refractivity contribution in [3.63, 3.8) is 0 Å². The van der Waals surface area contributed by atoms with E-state index in [1.807, 2.05) is 75.4 Å². The van der Waals surface area contributed by atoms with Crippen molar-refractivity contribution in [3.05, 3.63) is 155 Å². The molecule has 0 saturated heterocycles. The molecule has 404 valence electrons. The van der Waals surface area contributed by atoms with Gasteiger partial charge in [0.2, 0.25) is 0 Å². The molecule has 0 spiro atoms. The smallest absolute Gasteiger partial charge is 0.344 e. The Balaban J connectivity index is 0.000000222. The third-order valence-electron chi connectivity index (χ3n) is 13.9. The number of fused-ring (bicyclic) bond motifs is 2. The average molecular weight is 1070 g/mol. The van der Waals surface area contributed by atoms with Gasteiger partial charge in [0.15, 0.2) is 23.3 Å². The van der Waals surface area contributed by atoms with E-state index in [-0.39, 0.29) is 22.7 Å². The Kier molecular flexibility index (Phi) is 18.6. The van der Waals surface area contributed by atoms with Crippen molar-refractivity contribution in [2.24, 2.45) is 0 Å². The number of hydrogen-bond donors (Lipinski definition) is 1. The number of carboxylic acids is 1.